The van der Waals surface area contributed by atoms with E-state index in [2.05, 4.69) is 24.2 Å². The van der Waals surface area contributed by atoms with E-state index in [4.69, 9.17) is 15.2 Å². The predicted octanol–water partition coefficient (Wildman–Crippen LogP) is 1.91. The number of methoxy groups -OCH3 is 1. The third-order valence-corrected chi connectivity index (χ3v) is 2.98. The molecule has 114 valence electrons. The minimum absolute atomic E-state index is 0.342. The van der Waals surface area contributed by atoms with Gasteiger partial charge in [-0.3, -0.25) is 0 Å². The van der Waals surface area contributed by atoms with Crippen LogP contribution < -0.4 is 10.5 Å². The van der Waals surface area contributed by atoms with Crippen molar-refractivity contribution in [2.75, 3.05) is 13.7 Å². The number of benzene rings is 1. The van der Waals surface area contributed by atoms with Gasteiger partial charge in [-0.05, 0) is 30.2 Å². The summed E-state index contributed by atoms with van der Waals surface area (Å²) in [4.78, 5) is 0. The van der Waals surface area contributed by atoms with Gasteiger partial charge in [0.1, 0.15) is 11.4 Å². The van der Waals surface area contributed by atoms with E-state index >= 15 is 0 Å². The first kappa shape index (κ1) is 15.5. The van der Waals surface area contributed by atoms with E-state index in [1.165, 1.54) is 0 Å². The van der Waals surface area contributed by atoms with Crippen molar-refractivity contribution in [2.24, 2.45) is 11.7 Å². The number of aromatic nitrogens is 3. The van der Waals surface area contributed by atoms with Crippen molar-refractivity contribution in [2.45, 2.75) is 27.0 Å². The van der Waals surface area contributed by atoms with Gasteiger partial charge < -0.3 is 15.2 Å². The summed E-state index contributed by atoms with van der Waals surface area (Å²) in [5.41, 5.74) is 8.20. The Morgan fingerprint density at radius 1 is 1.24 bits per heavy atom. The molecule has 0 aliphatic heterocycles. The summed E-state index contributed by atoms with van der Waals surface area (Å²) in [7, 11) is 1.64. The summed E-state index contributed by atoms with van der Waals surface area (Å²) in [6.07, 6.45) is 0. The number of nitrogens with two attached hydrogens (primary N) is 1. The smallest absolute Gasteiger partial charge is 0.119 e. The molecule has 0 saturated carbocycles. The quantitative estimate of drug-likeness (QED) is 0.843. The molecule has 0 atom stereocenters. The number of nitrogens with zero attached hydrogens (tertiary/aromatic N) is 3. The standard InChI is InChI=1S/C15H22N4O2/c1-11(2)9-21-13-6-4-12(5-7-13)19-15(10-20-3)14(8-16)17-18-19/h4-7,11H,8-10,16H2,1-3H3. The van der Waals surface area contributed by atoms with E-state index < -0.39 is 0 Å². The summed E-state index contributed by atoms with van der Waals surface area (Å²) in [5.74, 6) is 1.35. The van der Waals surface area contributed by atoms with Gasteiger partial charge >= 0.3 is 0 Å². The minimum atomic E-state index is 0.342. The van der Waals surface area contributed by atoms with Gasteiger partial charge in [0.25, 0.3) is 0 Å². The second-order valence-electron chi connectivity index (χ2n) is 5.23. The lowest BCUT2D eigenvalue weighted by molar-refractivity contribution is 0.178. The fourth-order valence-electron chi connectivity index (χ4n) is 1.93. The normalized spacial score (nSPS) is 11.1. The summed E-state index contributed by atoms with van der Waals surface area (Å²) in [6, 6.07) is 7.75. The van der Waals surface area contributed by atoms with E-state index in [1.807, 2.05) is 24.3 Å². The molecule has 21 heavy (non-hydrogen) atoms. The van der Waals surface area contributed by atoms with Gasteiger partial charge in [0.15, 0.2) is 0 Å². The van der Waals surface area contributed by atoms with Gasteiger partial charge in [0.05, 0.1) is 24.6 Å². The van der Waals surface area contributed by atoms with Crippen LogP contribution in [0, 0.1) is 5.92 Å². The van der Waals surface area contributed by atoms with Crippen LogP contribution in [0.25, 0.3) is 5.69 Å². The van der Waals surface area contributed by atoms with Gasteiger partial charge in [0.2, 0.25) is 0 Å². The van der Waals surface area contributed by atoms with Crippen molar-refractivity contribution in [1.29, 1.82) is 0 Å². The SMILES string of the molecule is COCc1c(CN)nnn1-c1ccc(OCC(C)C)cc1. The van der Waals surface area contributed by atoms with Crippen molar-refractivity contribution in [3.63, 3.8) is 0 Å². The highest BCUT2D eigenvalue weighted by molar-refractivity contribution is 5.38. The predicted molar refractivity (Wildman–Crippen MR) is 80.3 cm³/mol. The molecule has 0 saturated heterocycles. The third-order valence-electron chi connectivity index (χ3n) is 2.98. The molecule has 0 radical (unpaired) electrons. The average Bonchev–Trinajstić information content (AvgIpc) is 2.89. The van der Waals surface area contributed by atoms with Crippen LogP contribution in [0.3, 0.4) is 0 Å². The monoisotopic (exact) mass is 290 g/mol. The summed E-state index contributed by atoms with van der Waals surface area (Å²) in [6.45, 7) is 5.71. The third kappa shape index (κ3) is 3.80. The number of rotatable bonds is 7. The number of hydrogen-bond donors (Lipinski definition) is 1. The molecule has 1 aromatic carbocycles. The van der Waals surface area contributed by atoms with Crippen LogP contribution in [-0.2, 0) is 17.9 Å². The molecule has 0 bridgehead atoms. The Morgan fingerprint density at radius 3 is 2.52 bits per heavy atom. The van der Waals surface area contributed by atoms with Crippen molar-refractivity contribution in [1.82, 2.24) is 15.0 Å². The maximum absolute atomic E-state index is 5.67. The average molecular weight is 290 g/mol. The molecule has 1 heterocycles. The second kappa shape index (κ2) is 7.19. The Bertz CT molecular complexity index is 564. The first-order valence-corrected chi connectivity index (χ1v) is 7.01. The summed E-state index contributed by atoms with van der Waals surface area (Å²) < 4.78 is 12.6. The molecule has 2 aromatic rings. The minimum Gasteiger partial charge on any atom is -0.493 e. The lowest BCUT2D eigenvalue weighted by Crippen LogP contribution is -2.07. The molecule has 0 fully saturated rings. The van der Waals surface area contributed by atoms with Crippen LogP contribution in [0.5, 0.6) is 5.75 Å². The summed E-state index contributed by atoms with van der Waals surface area (Å²) >= 11 is 0. The van der Waals surface area contributed by atoms with Crippen LogP contribution in [0.15, 0.2) is 24.3 Å². The maximum atomic E-state index is 5.67. The maximum Gasteiger partial charge on any atom is 0.119 e. The molecule has 2 N–H and O–H groups in total. The zero-order chi connectivity index (χ0) is 15.2. The number of ether oxygens (including phenoxy) is 2. The van der Waals surface area contributed by atoms with Gasteiger partial charge in [-0.2, -0.15) is 0 Å². The van der Waals surface area contributed by atoms with Gasteiger partial charge in [-0.1, -0.05) is 19.1 Å². The molecule has 0 amide bonds. The van der Waals surface area contributed by atoms with E-state index in [0.717, 1.165) is 22.8 Å². The topological polar surface area (TPSA) is 75.2 Å². The van der Waals surface area contributed by atoms with Gasteiger partial charge in [-0.15, -0.1) is 5.10 Å². The van der Waals surface area contributed by atoms with Crippen molar-refractivity contribution in [3.05, 3.63) is 35.7 Å². The highest BCUT2D eigenvalue weighted by Crippen LogP contribution is 2.18. The lowest BCUT2D eigenvalue weighted by Gasteiger charge is -2.10. The zero-order valence-corrected chi connectivity index (χ0v) is 12.7. The molecule has 0 aliphatic rings. The van der Waals surface area contributed by atoms with Gasteiger partial charge in [-0.25, -0.2) is 4.68 Å². The molecule has 6 heteroatoms. The number of hydrogen-bond acceptors (Lipinski definition) is 5. The Labute approximate surface area is 124 Å². The van der Waals surface area contributed by atoms with Crippen molar-refractivity contribution >= 4 is 0 Å². The Hall–Kier alpha value is -1.92. The fraction of sp³-hybridized carbons (Fsp3) is 0.467. The highest BCUT2D eigenvalue weighted by Gasteiger charge is 2.13. The Morgan fingerprint density at radius 2 is 1.95 bits per heavy atom. The molecule has 0 spiro atoms. The van der Waals surface area contributed by atoms with E-state index in [1.54, 1.807) is 11.8 Å². The van der Waals surface area contributed by atoms with Crippen LogP contribution in [-0.4, -0.2) is 28.7 Å². The van der Waals surface area contributed by atoms with E-state index in [9.17, 15) is 0 Å². The molecule has 0 unspecified atom stereocenters. The van der Waals surface area contributed by atoms with E-state index in [-0.39, 0.29) is 0 Å². The second-order valence-corrected chi connectivity index (χ2v) is 5.23. The molecule has 2 rings (SSSR count). The largest absolute Gasteiger partial charge is 0.493 e. The summed E-state index contributed by atoms with van der Waals surface area (Å²) in [5, 5.41) is 8.23. The van der Waals surface area contributed by atoms with Gasteiger partial charge in [0, 0.05) is 13.7 Å². The fourth-order valence-corrected chi connectivity index (χ4v) is 1.93. The van der Waals surface area contributed by atoms with Crippen molar-refractivity contribution in [3.8, 4) is 11.4 Å². The Kier molecular flexibility index (Phi) is 5.30. The zero-order valence-electron chi connectivity index (χ0n) is 12.7. The highest BCUT2D eigenvalue weighted by atomic mass is 16.5. The Balaban J connectivity index is 2.20. The van der Waals surface area contributed by atoms with Crippen LogP contribution in [0.2, 0.25) is 0 Å². The van der Waals surface area contributed by atoms with Crippen LogP contribution >= 0.6 is 0 Å². The first-order valence-electron chi connectivity index (χ1n) is 7.01. The van der Waals surface area contributed by atoms with Crippen LogP contribution in [0.1, 0.15) is 25.2 Å². The van der Waals surface area contributed by atoms with Crippen LogP contribution in [0.4, 0.5) is 0 Å². The molecular formula is C15H22N4O2. The first-order chi connectivity index (χ1) is 10.2. The van der Waals surface area contributed by atoms with E-state index in [0.29, 0.717) is 25.7 Å². The molecule has 1 aromatic heterocycles. The molecule has 6 nitrogen and oxygen atoms in total. The molecular weight excluding hydrogens is 268 g/mol. The molecule has 0 aliphatic carbocycles. The van der Waals surface area contributed by atoms with Crippen molar-refractivity contribution < 1.29 is 9.47 Å². The lowest BCUT2D eigenvalue weighted by atomic mass is 10.2.